The molecule has 5 atom stereocenters. The fourth-order valence-corrected chi connectivity index (χ4v) is 9.59. The van der Waals surface area contributed by atoms with E-state index in [-0.39, 0.29) is 16.9 Å². The standard InChI is InChI=1S/C34H43ClN2O5S/c1-4-26-9-5-6-10-30(41-3)28-15-17-33(28,2)20-37-21-34(16-7-8-23-18-25(35)12-13-27(23)34)22-42-31-14-11-24(19-29(31)37)32(38)36-43(26,39)40/h6,10-14,18-19,26,28,30H,4-5,7-9,15-17,20-22H2,1-3H3,(H,36,38)/b10-6+/t26-,28+,30+,33?,34+/m1/s1. The molecule has 1 N–H and O–H groups in total. The van der Waals surface area contributed by atoms with Crippen LogP contribution < -0.4 is 14.4 Å². The van der Waals surface area contributed by atoms with Crippen molar-refractivity contribution in [2.24, 2.45) is 11.3 Å². The number of anilines is 1. The van der Waals surface area contributed by atoms with Crippen molar-refractivity contribution >= 4 is 33.2 Å². The molecule has 1 saturated carbocycles. The van der Waals surface area contributed by atoms with Crippen molar-refractivity contribution in [2.75, 3.05) is 31.7 Å². The molecule has 4 aliphatic rings. The normalized spacial score (nSPS) is 32.8. The van der Waals surface area contributed by atoms with E-state index in [0.29, 0.717) is 43.1 Å². The van der Waals surface area contributed by atoms with Crippen LogP contribution in [0.5, 0.6) is 5.75 Å². The second-order valence-electron chi connectivity index (χ2n) is 13.3. The fourth-order valence-electron chi connectivity index (χ4n) is 7.97. The molecule has 9 heteroatoms. The van der Waals surface area contributed by atoms with Crippen molar-refractivity contribution in [3.8, 4) is 5.75 Å². The minimum absolute atomic E-state index is 0.0179. The topological polar surface area (TPSA) is 84.9 Å². The zero-order valence-electron chi connectivity index (χ0n) is 25.4. The second-order valence-corrected chi connectivity index (χ2v) is 15.7. The molecular formula is C34H43ClN2O5S. The molecular weight excluding hydrogens is 584 g/mol. The van der Waals surface area contributed by atoms with Crippen molar-refractivity contribution in [3.63, 3.8) is 0 Å². The molecule has 232 valence electrons. The Morgan fingerprint density at radius 3 is 2.72 bits per heavy atom. The quantitative estimate of drug-likeness (QED) is 0.387. The first-order chi connectivity index (χ1) is 20.6. The van der Waals surface area contributed by atoms with E-state index in [4.69, 9.17) is 21.1 Å². The minimum atomic E-state index is -3.86. The van der Waals surface area contributed by atoms with E-state index in [2.05, 4.69) is 40.8 Å². The maximum Gasteiger partial charge on any atom is 0.264 e. The summed E-state index contributed by atoms with van der Waals surface area (Å²) in [6.07, 6.45) is 10.7. The van der Waals surface area contributed by atoms with Gasteiger partial charge in [-0.2, -0.15) is 0 Å². The van der Waals surface area contributed by atoms with Crippen molar-refractivity contribution in [2.45, 2.75) is 82.0 Å². The summed E-state index contributed by atoms with van der Waals surface area (Å²) in [5.41, 5.74) is 3.44. The number of benzene rings is 2. The molecule has 7 nitrogen and oxygen atoms in total. The Labute approximate surface area is 261 Å². The van der Waals surface area contributed by atoms with E-state index in [1.807, 2.05) is 25.1 Å². The Bertz CT molecular complexity index is 1530. The maximum atomic E-state index is 13.4. The fraction of sp³-hybridized carbons (Fsp3) is 0.559. The number of nitrogens with one attached hydrogen (secondary N) is 1. The van der Waals surface area contributed by atoms with Crippen LogP contribution in [0.25, 0.3) is 0 Å². The van der Waals surface area contributed by atoms with Crippen LogP contribution in [0, 0.1) is 11.3 Å². The number of hydrogen-bond acceptors (Lipinski definition) is 6. The van der Waals surface area contributed by atoms with Gasteiger partial charge >= 0.3 is 0 Å². The van der Waals surface area contributed by atoms with Crippen molar-refractivity contribution < 1.29 is 22.7 Å². The number of hydrogen-bond donors (Lipinski definition) is 1. The highest BCUT2D eigenvalue weighted by molar-refractivity contribution is 7.90. The molecule has 1 spiro atoms. The minimum Gasteiger partial charge on any atom is -0.490 e. The zero-order valence-corrected chi connectivity index (χ0v) is 27.0. The summed E-state index contributed by atoms with van der Waals surface area (Å²) in [5.74, 6) is 0.431. The molecule has 2 aromatic rings. The molecule has 0 saturated heterocycles. The van der Waals surface area contributed by atoms with Crippen LogP contribution in [0.15, 0.2) is 48.6 Å². The largest absolute Gasteiger partial charge is 0.490 e. The molecule has 0 aromatic heterocycles. The Hall–Kier alpha value is -2.55. The van der Waals surface area contributed by atoms with E-state index in [0.717, 1.165) is 55.9 Å². The highest BCUT2D eigenvalue weighted by Crippen LogP contribution is 2.52. The van der Waals surface area contributed by atoms with E-state index in [1.54, 1.807) is 13.2 Å². The lowest BCUT2D eigenvalue weighted by molar-refractivity contribution is -0.0438. The number of sulfonamides is 1. The Morgan fingerprint density at radius 1 is 1.14 bits per heavy atom. The lowest BCUT2D eigenvalue weighted by Gasteiger charge is -2.53. The van der Waals surface area contributed by atoms with E-state index in [1.165, 1.54) is 11.1 Å². The van der Waals surface area contributed by atoms with Crippen molar-refractivity contribution in [1.29, 1.82) is 0 Å². The van der Waals surface area contributed by atoms with Crippen molar-refractivity contribution in [3.05, 3.63) is 70.3 Å². The molecule has 6 rings (SSSR count). The number of carbonyl (C=O) groups excluding carboxylic acids is 1. The molecule has 1 amide bonds. The zero-order chi connectivity index (χ0) is 30.4. The lowest BCUT2D eigenvalue weighted by atomic mass is 9.58. The molecule has 0 radical (unpaired) electrons. The number of allylic oxidation sites excluding steroid dienone is 1. The summed E-state index contributed by atoms with van der Waals surface area (Å²) in [6, 6.07) is 11.6. The number of methoxy groups -OCH3 is 1. The van der Waals surface area contributed by atoms with Gasteiger partial charge < -0.3 is 14.4 Å². The van der Waals surface area contributed by atoms with Gasteiger partial charge in [-0.1, -0.05) is 43.7 Å². The molecule has 2 aliphatic carbocycles. The van der Waals surface area contributed by atoms with E-state index < -0.39 is 21.2 Å². The molecule has 43 heavy (non-hydrogen) atoms. The van der Waals surface area contributed by atoms with Crippen LogP contribution in [0.2, 0.25) is 5.02 Å². The highest BCUT2D eigenvalue weighted by atomic mass is 35.5. The van der Waals surface area contributed by atoms with Crippen molar-refractivity contribution in [1.82, 2.24) is 4.72 Å². The number of carbonyl (C=O) groups is 1. The number of nitrogens with zero attached hydrogens (tertiary/aromatic N) is 1. The van der Waals surface area contributed by atoms with Crippen LogP contribution in [0.3, 0.4) is 0 Å². The predicted molar refractivity (Wildman–Crippen MR) is 171 cm³/mol. The van der Waals surface area contributed by atoms with Gasteiger partial charge in [-0.05, 0) is 104 Å². The molecule has 2 bridgehead atoms. The smallest absolute Gasteiger partial charge is 0.264 e. The van der Waals surface area contributed by atoms with Gasteiger partial charge in [-0.25, -0.2) is 13.1 Å². The average molecular weight is 627 g/mol. The van der Waals surface area contributed by atoms with Gasteiger partial charge in [0.1, 0.15) is 5.75 Å². The molecule has 1 fully saturated rings. The van der Waals surface area contributed by atoms with Gasteiger partial charge in [0.05, 0.1) is 23.6 Å². The summed E-state index contributed by atoms with van der Waals surface area (Å²) >= 11 is 6.42. The SMILES string of the molecule is CC[C@@H]1CC/C=C/[C@H](OC)[C@@H]2CCC2(C)CN2C[C@@]3(CCCc4cc(Cl)ccc43)COc3ccc(cc32)C(=O)NS1(=O)=O. The number of ether oxygens (including phenoxy) is 2. The Morgan fingerprint density at radius 2 is 1.98 bits per heavy atom. The van der Waals surface area contributed by atoms with Crippen LogP contribution in [0.4, 0.5) is 5.69 Å². The first-order valence-corrected chi connectivity index (χ1v) is 17.6. The average Bonchev–Trinajstić information content (AvgIpc) is 3.11. The number of halogens is 1. The van der Waals surface area contributed by atoms with Crippen LogP contribution in [0.1, 0.15) is 80.3 Å². The third-order valence-electron chi connectivity index (χ3n) is 10.6. The number of rotatable bonds is 2. The molecule has 1 unspecified atom stereocenters. The highest BCUT2D eigenvalue weighted by Gasteiger charge is 2.50. The van der Waals surface area contributed by atoms with Gasteiger partial charge in [0, 0.05) is 36.2 Å². The number of amides is 1. The van der Waals surface area contributed by atoms with Gasteiger partial charge in [-0.3, -0.25) is 4.79 Å². The predicted octanol–water partition coefficient (Wildman–Crippen LogP) is 6.43. The van der Waals surface area contributed by atoms with E-state index in [9.17, 15) is 13.2 Å². The van der Waals surface area contributed by atoms with Gasteiger partial charge in [0.25, 0.3) is 5.91 Å². The Kier molecular flexibility index (Phi) is 8.33. The number of aryl methyl sites for hydroxylation is 1. The van der Waals surface area contributed by atoms with E-state index >= 15 is 0 Å². The van der Waals surface area contributed by atoms with Gasteiger partial charge in [0.2, 0.25) is 10.0 Å². The van der Waals surface area contributed by atoms with Gasteiger partial charge in [0.15, 0.2) is 0 Å². The van der Waals surface area contributed by atoms with Gasteiger partial charge in [-0.15, -0.1) is 0 Å². The molecule has 2 aromatic carbocycles. The summed E-state index contributed by atoms with van der Waals surface area (Å²) < 4.78 is 41.5. The summed E-state index contributed by atoms with van der Waals surface area (Å²) in [4.78, 5) is 15.8. The second kappa shape index (κ2) is 11.8. The summed E-state index contributed by atoms with van der Waals surface area (Å²) in [5, 5.41) is 0.0856. The summed E-state index contributed by atoms with van der Waals surface area (Å²) in [6.45, 7) is 6.22. The lowest BCUT2D eigenvalue weighted by Crippen LogP contribution is -2.54. The number of fused-ring (bicyclic) bond motifs is 4. The van der Waals surface area contributed by atoms with Crippen LogP contribution >= 0.6 is 11.6 Å². The van der Waals surface area contributed by atoms with Crippen LogP contribution in [-0.4, -0.2) is 52.5 Å². The first kappa shape index (κ1) is 30.5. The molecule has 2 heterocycles. The summed E-state index contributed by atoms with van der Waals surface area (Å²) in [7, 11) is -2.09. The third kappa shape index (κ3) is 5.71. The first-order valence-electron chi connectivity index (χ1n) is 15.6. The Balaban J connectivity index is 1.45. The van der Waals surface area contributed by atoms with Crippen LogP contribution in [-0.2, 0) is 26.6 Å². The maximum absolute atomic E-state index is 13.4. The molecule has 2 aliphatic heterocycles. The third-order valence-corrected chi connectivity index (χ3v) is 12.7. The monoisotopic (exact) mass is 626 g/mol.